The van der Waals surface area contributed by atoms with Gasteiger partial charge in [0.05, 0.1) is 0 Å². The number of hydrogen-bond donors (Lipinski definition) is 0. The molecule has 0 radical (unpaired) electrons. The van der Waals surface area contributed by atoms with Crippen molar-refractivity contribution in [2.45, 2.75) is 6.42 Å². The molecule has 44 valence electrons. The molecule has 0 bridgehead atoms. The van der Waals surface area contributed by atoms with E-state index in [0.29, 0.717) is 0 Å². The molecule has 1 aliphatic rings. The van der Waals surface area contributed by atoms with E-state index >= 15 is 0 Å². The largest absolute Gasteiger partial charge is 0.255 e. The SMILES string of the molecule is C=CC1=CS(=O)CC1. The molecule has 1 atom stereocenters. The zero-order valence-corrected chi connectivity index (χ0v) is 5.41. The maximum absolute atomic E-state index is 10.6. The third kappa shape index (κ3) is 1.07. The van der Waals surface area contributed by atoms with E-state index in [1.807, 2.05) is 0 Å². The molecule has 1 unspecified atom stereocenters. The summed E-state index contributed by atoms with van der Waals surface area (Å²) in [6, 6.07) is 0. The van der Waals surface area contributed by atoms with Gasteiger partial charge in [0.25, 0.3) is 0 Å². The van der Waals surface area contributed by atoms with Gasteiger partial charge >= 0.3 is 0 Å². The van der Waals surface area contributed by atoms with E-state index in [1.165, 1.54) is 0 Å². The van der Waals surface area contributed by atoms with Crippen LogP contribution in [-0.2, 0) is 10.8 Å². The van der Waals surface area contributed by atoms with Crippen LogP contribution in [0.2, 0.25) is 0 Å². The summed E-state index contributed by atoms with van der Waals surface area (Å²) in [4.78, 5) is 0. The van der Waals surface area contributed by atoms with Crippen LogP contribution in [0.1, 0.15) is 6.42 Å². The molecule has 0 amide bonds. The van der Waals surface area contributed by atoms with Gasteiger partial charge in [-0.2, -0.15) is 0 Å². The Labute approximate surface area is 51.6 Å². The Morgan fingerprint density at radius 1 is 1.88 bits per heavy atom. The minimum absolute atomic E-state index is 0.686. The third-order valence-corrected chi connectivity index (χ3v) is 2.31. The normalized spacial score (nSPS) is 27.5. The minimum Gasteiger partial charge on any atom is -0.255 e. The van der Waals surface area contributed by atoms with Crippen molar-refractivity contribution in [1.29, 1.82) is 0 Å². The first-order chi connectivity index (χ1) is 3.83. The first-order valence-electron chi connectivity index (χ1n) is 2.53. The molecular formula is C6H8OS. The molecule has 2 heteroatoms. The van der Waals surface area contributed by atoms with E-state index in [2.05, 4.69) is 6.58 Å². The fourth-order valence-corrected chi connectivity index (χ4v) is 1.76. The van der Waals surface area contributed by atoms with Crippen LogP contribution in [-0.4, -0.2) is 9.96 Å². The zero-order valence-electron chi connectivity index (χ0n) is 4.59. The number of allylic oxidation sites excluding steroid dienone is 2. The second-order valence-electron chi connectivity index (χ2n) is 1.73. The number of rotatable bonds is 1. The van der Waals surface area contributed by atoms with Crippen molar-refractivity contribution in [3.05, 3.63) is 23.6 Å². The highest BCUT2D eigenvalue weighted by atomic mass is 32.2. The topological polar surface area (TPSA) is 17.1 Å². The van der Waals surface area contributed by atoms with Crippen molar-refractivity contribution in [3.63, 3.8) is 0 Å². The van der Waals surface area contributed by atoms with Crippen molar-refractivity contribution < 1.29 is 4.21 Å². The van der Waals surface area contributed by atoms with E-state index < -0.39 is 10.8 Å². The lowest BCUT2D eigenvalue weighted by atomic mass is 10.2. The molecule has 1 rings (SSSR count). The summed E-state index contributed by atoms with van der Waals surface area (Å²) in [5.41, 5.74) is 1.13. The van der Waals surface area contributed by atoms with Gasteiger partial charge in [-0.25, -0.2) is 0 Å². The third-order valence-electron chi connectivity index (χ3n) is 1.14. The van der Waals surface area contributed by atoms with Crippen LogP contribution in [0.3, 0.4) is 0 Å². The summed E-state index contributed by atoms with van der Waals surface area (Å²) >= 11 is 0. The summed E-state index contributed by atoms with van der Waals surface area (Å²) in [5.74, 6) is 0.793. The van der Waals surface area contributed by atoms with Crippen molar-refractivity contribution in [2.24, 2.45) is 0 Å². The molecule has 0 N–H and O–H groups in total. The van der Waals surface area contributed by atoms with Gasteiger partial charge in [-0.3, -0.25) is 4.21 Å². The Bertz CT molecular complexity index is 158. The van der Waals surface area contributed by atoms with Gasteiger partial charge in [-0.1, -0.05) is 12.7 Å². The van der Waals surface area contributed by atoms with E-state index in [4.69, 9.17) is 0 Å². The van der Waals surface area contributed by atoms with Crippen LogP contribution in [0.5, 0.6) is 0 Å². The Morgan fingerprint density at radius 2 is 2.62 bits per heavy atom. The minimum atomic E-state index is -0.686. The molecule has 0 aliphatic carbocycles. The molecule has 1 nitrogen and oxygen atoms in total. The molecule has 0 spiro atoms. The molecule has 0 saturated carbocycles. The molecule has 0 saturated heterocycles. The van der Waals surface area contributed by atoms with Crippen molar-refractivity contribution >= 4 is 10.8 Å². The Balaban J connectivity index is 2.70. The van der Waals surface area contributed by atoms with Crippen molar-refractivity contribution in [2.75, 3.05) is 5.75 Å². The smallest absolute Gasteiger partial charge is 0.0462 e. The monoisotopic (exact) mass is 128 g/mol. The summed E-state index contributed by atoms with van der Waals surface area (Å²) < 4.78 is 10.6. The van der Waals surface area contributed by atoms with E-state index in [-0.39, 0.29) is 0 Å². The highest BCUT2D eigenvalue weighted by Gasteiger charge is 2.05. The van der Waals surface area contributed by atoms with Crippen LogP contribution in [0, 0.1) is 0 Å². The standard InChI is InChI=1S/C6H8OS/c1-2-6-3-4-8(7)5-6/h2,5H,1,3-4H2. The molecular weight excluding hydrogens is 120 g/mol. The Kier molecular flexibility index (Phi) is 1.63. The van der Waals surface area contributed by atoms with Crippen LogP contribution in [0.4, 0.5) is 0 Å². The summed E-state index contributed by atoms with van der Waals surface area (Å²) in [7, 11) is -0.686. The van der Waals surface area contributed by atoms with E-state index in [1.54, 1.807) is 11.5 Å². The van der Waals surface area contributed by atoms with E-state index in [0.717, 1.165) is 17.7 Å². The highest BCUT2D eigenvalue weighted by Crippen LogP contribution is 2.12. The molecule has 0 aromatic carbocycles. The van der Waals surface area contributed by atoms with Crippen LogP contribution >= 0.6 is 0 Å². The van der Waals surface area contributed by atoms with Gasteiger partial charge in [0.15, 0.2) is 0 Å². The van der Waals surface area contributed by atoms with Crippen LogP contribution in [0.15, 0.2) is 23.6 Å². The summed E-state index contributed by atoms with van der Waals surface area (Å²) in [5, 5.41) is 1.77. The quantitative estimate of drug-likeness (QED) is 0.518. The fourth-order valence-electron chi connectivity index (χ4n) is 0.655. The fraction of sp³-hybridized carbons (Fsp3) is 0.333. The van der Waals surface area contributed by atoms with Gasteiger partial charge in [0.2, 0.25) is 0 Å². The van der Waals surface area contributed by atoms with Gasteiger partial charge in [-0.05, 0) is 12.0 Å². The van der Waals surface area contributed by atoms with Crippen LogP contribution < -0.4 is 0 Å². The molecule has 0 aromatic heterocycles. The first-order valence-corrected chi connectivity index (χ1v) is 3.91. The maximum Gasteiger partial charge on any atom is 0.0462 e. The lowest BCUT2D eigenvalue weighted by Crippen LogP contribution is -1.80. The van der Waals surface area contributed by atoms with Crippen molar-refractivity contribution in [1.82, 2.24) is 0 Å². The van der Waals surface area contributed by atoms with Gasteiger partial charge in [0, 0.05) is 22.0 Å². The number of hydrogen-bond acceptors (Lipinski definition) is 1. The maximum atomic E-state index is 10.6. The average Bonchev–Trinajstić information content (AvgIpc) is 2.14. The van der Waals surface area contributed by atoms with Gasteiger partial charge in [0.1, 0.15) is 0 Å². The molecule has 1 aliphatic heterocycles. The van der Waals surface area contributed by atoms with Gasteiger partial charge < -0.3 is 0 Å². The Morgan fingerprint density at radius 3 is 2.88 bits per heavy atom. The predicted molar refractivity (Wildman–Crippen MR) is 35.9 cm³/mol. The molecule has 8 heavy (non-hydrogen) atoms. The zero-order chi connectivity index (χ0) is 5.98. The lowest BCUT2D eigenvalue weighted by molar-refractivity contribution is 0.689. The molecule has 0 fully saturated rings. The van der Waals surface area contributed by atoms with Crippen LogP contribution in [0.25, 0.3) is 0 Å². The lowest BCUT2D eigenvalue weighted by Gasteiger charge is -1.81. The van der Waals surface area contributed by atoms with Gasteiger partial charge in [-0.15, -0.1) is 0 Å². The second-order valence-corrected chi connectivity index (χ2v) is 3.14. The molecule has 1 heterocycles. The van der Waals surface area contributed by atoms with E-state index in [9.17, 15) is 4.21 Å². The summed E-state index contributed by atoms with van der Waals surface area (Å²) in [6.07, 6.45) is 2.71. The first kappa shape index (κ1) is 5.76. The highest BCUT2D eigenvalue weighted by molar-refractivity contribution is 7.88. The van der Waals surface area contributed by atoms with Crippen molar-refractivity contribution in [3.8, 4) is 0 Å². The average molecular weight is 128 g/mol. The molecule has 0 aromatic rings. The Hall–Kier alpha value is -0.370. The second kappa shape index (κ2) is 2.27. The summed E-state index contributed by atoms with van der Waals surface area (Å²) in [6.45, 7) is 3.57. The predicted octanol–water partition coefficient (Wildman–Crippen LogP) is 1.21.